The van der Waals surface area contributed by atoms with E-state index in [9.17, 15) is 9.59 Å². The SMILES string of the molecule is CCN1CC2(CCC(=O)CC2)OC(C)(C)C1=O. The number of hydrogen-bond acceptors (Lipinski definition) is 3. The highest BCUT2D eigenvalue weighted by atomic mass is 16.5. The summed E-state index contributed by atoms with van der Waals surface area (Å²) >= 11 is 0. The molecule has 4 heteroatoms. The van der Waals surface area contributed by atoms with E-state index < -0.39 is 5.60 Å². The molecule has 96 valence electrons. The molecule has 0 bridgehead atoms. The molecule has 0 N–H and O–H groups in total. The van der Waals surface area contributed by atoms with Crippen LogP contribution in [0.25, 0.3) is 0 Å². The maximum atomic E-state index is 12.1. The Bertz CT molecular complexity index is 339. The van der Waals surface area contributed by atoms with Gasteiger partial charge in [0.25, 0.3) is 5.91 Å². The van der Waals surface area contributed by atoms with Gasteiger partial charge in [0.1, 0.15) is 11.4 Å². The summed E-state index contributed by atoms with van der Waals surface area (Å²) in [6, 6.07) is 0. The van der Waals surface area contributed by atoms with E-state index >= 15 is 0 Å². The minimum Gasteiger partial charge on any atom is -0.357 e. The fourth-order valence-electron chi connectivity index (χ4n) is 2.92. The van der Waals surface area contributed by atoms with Crippen LogP contribution in [0.1, 0.15) is 46.5 Å². The van der Waals surface area contributed by atoms with E-state index in [0.29, 0.717) is 31.7 Å². The van der Waals surface area contributed by atoms with Crippen molar-refractivity contribution >= 4 is 11.7 Å². The first-order chi connectivity index (χ1) is 7.88. The van der Waals surface area contributed by atoms with E-state index in [4.69, 9.17) is 4.74 Å². The molecule has 2 rings (SSSR count). The number of nitrogens with zero attached hydrogens (tertiary/aromatic N) is 1. The van der Waals surface area contributed by atoms with Crippen molar-refractivity contribution in [1.29, 1.82) is 0 Å². The van der Waals surface area contributed by atoms with Crippen molar-refractivity contribution in [3.05, 3.63) is 0 Å². The standard InChI is InChI=1S/C13H21NO3/c1-4-14-9-13(7-5-10(15)6-8-13)17-12(2,3)11(14)16/h4-9H2,1-3H3. The van der Waals surface area contributed by atoms with Gasteiger partial charge in [0.05, 0.1) is 5.60 Å². The molecule has 17 heavy (non-hydrogen) atoms. The Kier molecular flexibility index (Phi) is 3.02. The molecule has 1 aliphatic heterocycles. The number of carbonyl (C=O) groups is 2. The van der Waals surface area contributed by atoms with Gasteiger partial charge >= 0.3 is 0 Å². The van der Waals surface area contributed by atoms with E-state index in [1.54, 1.807) is 0 Å². The quantitative estimate of drug-likeness (QED) is 0.697. The Labute approximate surface area is 102 Å². The first-order valence-corrected chi connectivity index (χ1v) is 6.40. The molecule has 0 aromatic heterocycles. The van der Waals surface area contributed by atoms with Crippen LogP contribution in [0.2, 0.25) is 0 Å². The van der Waals surface area contributed by atoms with Gasteiger partial charge in [-0.2, -0.15) is 0 Å². The number of ketones is 1. The second-order valence-electron chi connectivity index (χ2n) is 5.65. The minimum absolute atomic E-state index is 0.0579. The Morgan fingerprint density at radius 2 is 1.82 bits per heavy atom. The van der Waals surface area contributed by atoms with E-state index in [0.717, 1.165) is 12.8 Å². The zero-order chi connectivity index (χ0) is 12.7. The maximum Gasteiger partial charge on any atom is 0.254 e. The lowest BCUT2D eigenvalue weighted by molar-refractivity contribution is -0.212. The van der Waals surface area contributed by atoms with Crippen LogP contribution in [0, 0.1) is 0 Å². The van der Waals surface area contributed by atoms with Gasteiger partial charge in [-0.3, -0.25) is 9.59 Å². The van der Waals surface area contributed by atoms with E-state index in [1.807, 2.05) is 25.7 Å². The summed E-state index contributed by atoms with van der Waals surface area (Å²) in [6.07, 6.45) is 2.67. The van der Waals surface area contributed by atoms with Crippen molar-refractivity contribution in [2.45, 2.75) is 57.7 Å². The van der Waals surface area contributed by atoms with Crippen molar-refractivity contribution in [2.24, 2.45) is 0 Å². The molecule has 0 aromatic carbocycles. The van der Waals surface area contributed by atoms with E-state index in [-0.39, 0.29) is 11.5 Å². The summed E-state index contributed by atoms with van der Waals surface area (Å²) in [5.74, 6) is 0.375. The van der Waals surface area contributed by atoms with Crippen LogP contribution in [-0.4, -0.2) is 40.9 Å². The highest BCUT2D eigenvalue weighted by Gasteiger charge is 2.50. The highest BCUT2D eigenvalue weighted by Crippen LogP contribution is 2.38. The van der Waals surface area contributed by atoms with Gasteiger partial charge in [-0.15, -0.1) is 0 Å². The monoisotopic (exact) mass is 239 g/mol. The van der Waals surface area contributed by atoms with Crippen molar-refractivity contribution in [1.82, 2.24) is 4.90 Å². The highest BCUT2D eigenvalue weighted by molar-refractivity contribution is 5.85. The summed E-state index contributed by atoms with van der Waals surface area (Å²) in [4.78, 5) is 25.3. The van der Waals surface area contributed by atoms with Gasteiger partial charge in [0.15, 0.2) is 0 Å². The third-order valence-electron chi connectivity index (χ3n) is 3.85. The van der Waals surface area contributed by atoms with E-state index in [2.05, 4.69) is 0 Å². The van der Waals surface area contributed by atoms with Crippen LogP contribution in [0.15, 0.2) is 0 Å². The first kappa shape index (κ1) is 12.6. The van der Waals surface area contributed by atoms with Gasteiger partial charge in [-0.25, -0.2) is 0 Å². The van der Waals surface area contributed by atoms with Crippen LogP contribution >= 0.6 is 0 Å². The molecule has 0 radical (unpaired) electrons. The predicted octanol–water partition coefficient (Wildman–Crippen LogP) is 1.53. The van der Waals surface area contributed by atoms with E-state index in [1.165, 1.54) is 0 Å². The number of carbonyl (C=O) groups excluding carboxylic acids is 2. The molecule has 1 saturated carbocycles. The van der Waals surface area contributed by atoms with Crippen LogP contribution in [0.4, 0.5) is 0 Å². The van der Waals surface area contributed by atoms with Gasteiger partial charge in [-0.1, -0.05) is 0 Å². The van der Waals surface area contributed by atoms with Crippen molar-refractivity contribution in [2.75, 3.05) is 13.1 Å². The molecule has 1 amide bonds. The zero-order valence-electron chi connectivity index (χ0n) is 10.9. The molecule has 0 aromatic rings. The molecule has 4 nitrogen and oxygen atoms in total. The van der Waals surface area contributed by atoms with Gasteiger partial charge in [0, 0.05) is 25.9 Å². The Hall–Kier alpha value is -0.900. The normalized spacial score (nSPS) is 27.6. The molecule has 0 atom stereocenters. The molecular weight excluding hydrogens is 218 g/mol. The molecule has 0 unspecified atom stereocenters. The Morgan fingerprint density at radius 3 is 2.35 bits per heavy atom. The average Bonchev–Trinajstić information content (AvgIpc) is 2.28. The predicted molar refractivity (Wildman–Crippen MR) is 63.6 cm³/mol. The fourth-order valence-corrected chi connectivity index (χ4v) is 2.92. The second-order valence-corrected chi connectivity index (χ2v) is 5.65. The minimum atomic E-state index is -0.755. The lowest BCUT2D eigenvalue weighted by atomic mass is 9.81. The van der Waals surface area contributed by atoms with Gasteiger partial charge < -0.3 is 9.64 Å². The zero-order valence-corrected chi connectivity index (χ0v) is 10.9. The van der Waals surface area contributed by atoms with Crippen molar-refractivity contribution in [3.63, 3.8) is 0 Å². The summed E-state index contributed by atoms with van der Waals surface area (Å²) < 4.78 is 6.05. The number of rotatable bonds is 1. The molecule has 1 saturated heterocycles. The van der Waals surface area contributed by atoms with Crippen LogP contribution in [0.3, 0.4) is 0 Å². The lowest BCUT2D eigenvalue weighted by Crippen LogP contribution is -2.63. The first-order valence-electron chi connectivity index (χ1n) is 6.40. The third kappa shape index (κ3) is 2.23. The Morgan fingerprint density at radius 1 is 1.24 bits per heavy atom. The number of amides is 1. The fraction of sp³-hybridized carbons (Fsp3) is 0.846. The van der Waals surface area contributed by atoms with Crippen LogP contribution < -0.4 is 0 Å². The smallest absolute Gasteiger partial charge is 0.254 e. The summed E-state index contributed by atoms with van der Waals surface area (Å²) in [5, 5.41) is 0. The largest absolute Gasteiger partial charge is 0.357 e. The van der Waals surface area contributed by atoms with Gasteiger partial charge in [0.2, 0.25) is 0 Å². The number of hydrogen-bond donors (Lipinski definition) is 0. The van der Waals surface area contributed by atoms with Crippen molar-refractivity contribution < 1.29 is 14.3 Å². The average molecular weight is 239 g/mol. The molecule has 2 aliphatic rings. The third-order valence-corrected chi connectivity index (χ3v) is 3.85. The molecule has 1 aliphatic carbocycles. The number of morpholine rings is 1. The number of Topliss-reactive ketones (excluding diaryl/α,β-unsaturated/α-hetero) is 1. The lowest BCUT2D eigenvalue weighted by Gasteiger charge is -2.50. The van der Waals surface area contributed by atoms with Crippen molar-refractivity contribution in [3.8, 4) is 0 Å². The van der Waals surface area contributed by atoms with Crippen LogP contribution in [0.5, 0.6) is 0 Å². The second kappa shape index (κ2) is 4.09. The topological polar surface area (TPSA) is 46.6 Å². The van der Waals surface area contributed by atoms with Gasteiger partial charge in [-0.05, 0) is 33.6 Å². The summed E-state index contributed by atoms with van der Waals surface area (Å²) in [5.41, 5.74) is -1.05. The Balaban J connectivity index is 2.20. The molecule has 2 fully saturated rings. The summed E-state index contributed by atoms with van der Waals surface area (Å²) in [6.45, 7) is 6.99. The number of ether oxygens (including phenoxy) is 1. The van der Waals surface area contributed by atoms with Crippen LogP contribution in [-0.2, 0) is 14.3 Å². The molecular formula is C13H21NO3. The number of likely N-dealkylation sites (N-methyl/N-ethyl adjacent to an activating group) is 1. The molecule has 1 heterocycles. The maximum absolute atomic E-state index is 12.1. The summed E-state index contributed by atoms with van der Waals surface area (Å²) in [7, 11) is 0. The molecule has 1 spiro atoms.